The summed E-state index contributed by atoms with van der Waals surface area (Å²) in [5.74, 6) is 6.95. The van der Waals surface area contributed by atoms with Crippen molar-refractivity contribution in [2.45, 2.75) is 18.1 Å². The molecule has 3 N–H and O–H groups in total. The molecular formula is C10H17N5OS. The molecule has 0 radical (unpaired) electrons. The van der Waals surface area contributed by atoms with E-state index in [1.165, 1.54) is 11.8 Å². The van der Waals surface area contributed by atoms with Crippen LogP contribution >= 0.6 is 11.8 Å². The molecule has 1 aliphatic heterocycles. The Kier molecular flexibility index (Phi) is 4.03. The molecule has 94 valence electrons. The molecule has 1 saturated heterocycles. The molecule has 0 bridgehead atoms. The maximum Gasteiger partial charge on any atom is 0.191 e. The average molecular weight is 255 g/mol. The first-order chi connectivity index (χ1) is 8.24. The summed E-state index contributed by atoms with van der Waals surface area (Å²) in [6.07, 6.45) is 1.95. The summed E-state index contributed by atoms with van der Waals surface area (Å²) in [5, 5.41) is 0.717. The van der Waals surface area contributed by atoms with E-state index < -0.39 is 0 Å². The molecule has 1 aromatic heterocycles. The number of anilines is 2. The molecular weight excluding hydrogens is 238 g/mol. The van der Waals surface area contributed by atoms with Crippen LogP contribution in [0.1, 0.15) is 6.92 Å². The zero-order chi connectivity index (χ0) is 12.3. The summed E-state index contributed by atoms with van der Waals surface area (Å²) in [4.78, 5) is 11.0. The summed E-state index contributed by atoms with van der Waals surface area (Å²) in [5.41, 5.74) is 2.57. The van der Waals surface area contributed by atoms with Crippen molar-refractivity contribution in [3.63, 3.8) is 0 Å². The number of aromatic nitrogens is 2. The Hall–Kier alpha value is -1.05. The molecule has 0 aliphatic carbocycles. The van der Waals surface area contributed by atoms with Gasteiger partial charge >= 0.3 is 0 Å². The molecule has 0 aromatic carbocycles. The molecule has 0 amide bonds. The fourth-order valence-electron chi connectivity index (χ4n) is 1.79. The maximum atomic E-state index is 5.42. The highest BCUT2D eigenvalue weighted by Crippen LogP contribution is 2.22. The van der Waals surface area contributed by atoms with Crippen LogP contribution in [0.5, 0.6) is 0 Å². The van der Waals surface area contributed by atoms with E-state index in [0.717, 1.165) is 25.6 Å². The van der Waals surface area contributed by atoms with Gasteiger partial charge in [-0.15, -0.1) is 0 Å². The molecule has 0 spiro atoms. The quantitative estimate of drug-likeness (QED) is 0.356. The Morgan fingerprint density at radius 3 is 3.06 bits per heavy atom. The predicted molar refractivity (Wildman–Crippen MR) is 69.3 cm³/mol. The van der Waals surface area contributed by atoms with E-state index in [4.69, 9.17) is 10.6 Å². The van der Waals surface area contributed by atoms with Crippen LogP contribution in [-0.4, -0.2) is 42.0 Å². The van der Waals surface area contributed by atoms with E-state index in [1.54, 1.807) is 0 Å². The second kappa shape index (κ2) is 5.52. The lowest BCUT2D eigenvalue weighted by molar-refractivity contribution is 0.0984. The van der Waals surface area contributed by atoms with Gasteiger partial charge in [0.25, 0.3) is 0 Å². The number of hydrogen-bond acceptors (Lipinski definition) is 7. The van der Waals surface area contributed by atoms with Gasteiger partial charge in [-0.25, -0.2) is 15.8 Å². The van der Waals surface area contributed by atoms with Gasteiger partial charge in [-0.3, -0.25) is 0 Å². The molecule has 1 aliphatic rings. The lowest BCUT2D eigenvalue weighted by Crippen LogP contribution is -2.44. The minimum atomic E-state index is 0.319. The Balaban J connectivity index is 2.29. The lowest BCUT2D eigenvalue weighted by atomic mass is 10.2. The Morgan fingerprint density at radius 1 is 1.59 bits per heavy atom. The molecule has 7 heteroatoms. The summed E-state index contributed by atoms with van der Waals surface area (Å²) >= 11 is 1.50. The fourth-order valence-corrected chi connectivity index (χ4v) is 2.17. The van der Waals surface area contributed by atoms with Gasteiger partial charge in [-0.2, -0.15) is 0 Å². The standard InChI is InChI=1S/C10H17N5OS/c1-7-6-16-4-3-15(7)9-5-8(14-11)12-10(13-9)17-2/h5,7H,3-4,6,11H2,1-2H3,(H,12,13,14). The van der Waals surface area contributed by atoms with E-state index in [2.05, 4.69) is 27.2 Å². The van der Waals surface area contributed by atoms with Crippen LogP contribution in [-0.2, 0) is 4.74 Å². The third kappa shape index (κ3) is 2.80. The molecule has 1 fully saturated rings. The number of ether oxygens (including phenoxy) is 1. The van der Waals surface area contributed by atoms with Crippen LogP contribution in [0.4, 0.5) is 11.6 Å². The minimum Gasteiger partial charge on any atom is -0.377 e. The van der Waals surface area contributed by atoms with E-state index >= 15 is 0 Å². The van der Waals surface area contributed by atoms with Gasteiger partial charge in [0.05, 0.1) is 19.3 Å². The van der Waals surface area contributed by atoms with Crippen molar-refractivity contribution in [3.8, 4) is 0 Å². The third-order valence-corrected chi connectivity index (χ3v) is 3.23. The van der Waals surface area contributed by atoms with Crippen molar-refractivity contribution in [1.82, 2.24) is 9.97 Å². The van der Waals surface area contributed by atoms with E-state index in [-0.39, 0.29) is 0 Å². The van der Waals surface area contributed by atoms with E-state index in [0.29, 0.717) is 17.0 Å². The van der Waals surface area contributed by atoms with Crippen molar-refractivity contribution in [1.29, 1.82) is 0 Å². The number of nitrogens with one attached hydrogen (secondary N) is 1. The van der Waals surface area contributed by atoms with Crippen LogP contribution in [0.3, 0.4) is 0 Å². The van der Waals surface area contributed by atoms with Crippen LogP contribution in [0, 0.1) is 0 Å². The van der Waals surface area contributed by atoms with Crippen LogP contribution in [0.15, 0.2) is 11.2 Å². The summed E-state index contributed by atoms with van der Waals surface area (Å²) in [7, 11) is 0. The van der Waals surface area contributed by atoms with Gasteiger partial charge < -0.3 is 15.1 Å². The first-order valence-corrected chi connectivity index (χ1v) is 6.71. The first-order valence-electron chi connectivity index (χ1n) is 5.48. The fraction of sp³-hybridized carbons (Fsp3) is 0.600. The Morgan fingerprint density at radius 2 is 2.41 bits per heavy atom. The zero-order valence-corrected chi connectivity index (χ0v) is 10.8. The largest absolute Gasteiger partial charge is 0.377 e. The monoisotopic (exact) mass is 255 g/mol. The number of hydrogen-bond donors (Lipinski definition) is 2. The molecule has 0 saturated carbocycles. The zero-order valence-electron chi connectivity index (χ0n) is 10.0. The minimum absolute atomic E-state index is 0.319. The molecule has 1 unspecified atom stereocenters. The smallest absolute Gasteiger partial charge is 0.191 e. The van der Waals surface area contributed by atoms with Gasteiger partial charge in [0.2, 0.25) is 0 Å². The highest BCUT2D eigenvalue weighted by Gasteiger charge is 2.21. The highest BCUT2D eigenvalue weighted by atomic mass is 32.2. The number of morpholine rings is 1. The molecule has 2 rings (SSSR count). The summed E-state index contributed by atoms with van der Waals surface area (Å²) in [6.45, 7) is 4.42. The van der Waals surface area contributed by atoms with Crippen molar-refractivity contribution < 1.29 is 4.74 Å². The van der Waals surface area contributed by atoms with Crippen molar-refractivity contribution in [2.75, 3.05) is 36.3 Å². The molecule has 6 nitrogen and oxygen atoms in total. The predicted octanol–water partition coefficient (Wildman–Crippen LogP) is 0.709. The number of thioether (sulfide) groups is 1. The van der Waals surface area contributed by atoms with Gasteiger partial charge in [0.15, 0.2) is 5.16 Å². The topological polar surface area (TPSA) is 76.3 Å². The first kappa shape index (κ1) is 12.4. The molecule has 17 heavy (non-hydrogen) atoms. The second-order valence-corrected chi connectivity index (χ2v) is 4.63. The number of nitrogens with two attached hydrogens (primary N) is 1. The molecule has 1 atom stereocenters. The van der Waals surface area contributed by atoms with E-state index in [1.807, 2.05) is 12.3 Å². The van der Waals surface area contributed by atoms with Gasteiger partial charge in [0, 0.05) is 12.6 Å². The summed E-state index contributed by atoms with van der Waals surface area (Å²) in [6, 6.07) is 2.18. The normalized spacial score (nSPS) is 20.4. The third-order valence-electron chi connectivity index (χ3n) is 2.68. The molecule has 2 heterocycles. The second-order valence-electron chi connectivity index (χ2n) is 3.86. The number of nitrogens with zero attached hydrogens (tertiary/aromatic N) is 3. The Bertz CT molecular complexity index is 367. The van der Waals surface area contributed by atoms with Crippen molar-refractivity contribution in [2.24, 2.45) is 5.84 Å². The summed E-state index contributed by atoms with van der Waals surface area (Å²) < 4.78 is 5.42. The van der Waals surface area contributed by atoms with Gasteiger partial charge in [0.1, 0.15) is 11.6 Å². The average Bonchev–Trinajstić information content (AvgIpc) is 2.38. The van der Waals surface area contributed by atoms with Crippen LogP contribution in [0.25, 0.3) is 0 Å². The maximum absolute atomic E-state index is 5.42. The van der Waals surface area contributed by atoms with Crippen molar-refractivity contribution in [3.05, 3.63) is 6.07 Å². The van der Waals surface area contributed by atoms with Gasteiger partial charge in [-0.1, -0.05) is 11.8 Å². The van der Waals surface area contributed by atoms with Gasteiger partial charge in [-0.05, 0) is 13.2 Å². The number of rotatable bonds is 3. The highest BCUT2D eigenvalue weighted by molar-refractivity contribution is 7.98. The van der Waals surface area contributed by atoms with Crippen LogP contribution < -0.4 is 16.2 Å². The van der Waals surface area contributed by atoms with E-state index in [9.17, 15) is 0 Å². The Labute approximate surface area is 105 Å². The SMILES string of the molecule is CSc1nc(NN)cc(N2CCOCC2C)n1. The molecule has 1 aromatic rings. The number of nitrogen functional groups attached to an aromatic ring is 1. The van der Waals surface area contributed by atoms with Crippen molar-refractivity contribution >= 4 is 23.4 Å². The number of hydrazine groups is 1. The lowest BCUT2D eigenvalue weighted by Gasteiger charge is -2.34. The van der Waals surface area contributed by atoms with Crippen LogP contribution in [0.2, 0.25) is 0 Å².